The highest BCUT2D eigenvalue weighted by Crippen LogP contribution is 1.93. The molecule has 0 aliphatic carbocycles. The van der Waals surface area contributed by atoms with Gasteiger partial charge >= 0.3 is 6.16 Å². The van der Waals surface area contributed by atoms with Crippen LogP contribution < -0.4 is 0 Å². The molecular weight excluding hydrogens is 184 g/mol. The predicted molar refractivity (Wildman–Crippen MR) is 53.3 cm³/mol. The molecule has 4 nitrogen and oxygen atoms in total. The van der Waals surface area contributed by atoms with Crippen LogP contribution in [0.3, 0.4) is 0 Å². The summed E-state index contributed by atoms with van der Waals surface area (Å²) in [7, 11) is 0. The van der Waals surface area contributed by atoms with Crippen LogP contribution in [0.2, 0.25) is 0 Å². The van der Waals surface area contributed by atoms with Gasteiger partial charge in [-0.05, 0) is 13.3 Å². The van der Waals surface area contributed by atoms with E-state index in [0.717, 1.165) is 19.3 Å². The van der Waals surface area contributed by atoms with Gasteiger partial charge in [0, 0.05) is 19.6 Å². The van der Waals surface area contributed by atoms with E-state index in [0.29, 0.717) is 26.4 Å². The van der Waals surface area contributed by atoms with Gasteiger partial charge in [-0.15, -0.1) is 0 Å². The van der Waals surface area contributed by atoms with E-state index >= 15 is 0 Å². The van der Waals surface area contributed by atoms with E-state index in [1.807, 2.05) is 13.8 Å². The fraction of sp³-hybridized carbons (Fsp3) is 0.900. The van der Waals surface area contributed by atoms with E-state index in [1.165, 1.54) is 0 Å². The van der Waals surface area contributed by atoms with E-state index in [1.54, 1.807) is 0 Å². The van der Waals surface area contributed by atoms with Crippen molar-refractivity contribution in [3.8, 4) is 0 Å². The minimum atomic E-state index is -0.574. The number of hydrogen-bond donors (Lipinski definition) is 0. The lowest BCUT2D eigenvalue weighted by atomic mass is 10.4. The molecular formula is C10H20O4. The molecule has 0 aromatic rings. The summed E-state index contributed by atoms with van der Waals surface area (Å²) < 4.78 is 14.7. The summed E-state index contributed by atoms with van der Waals surface area (Å²) in [6, 6.07) is 0. The molecule has 14 heavy (non-hydrogen) atoms. The molecule has 0 radical (unpaired) electrons. The minimum absolute atomic E-state index is 0.366. The molecule has 0 spiro atoms. The molecule has 84 valence electrons. The molecule has 0 unspecified atom stereocenters. The van der Waals surface area contributed by atoms with Crippen LogP contribution in [0.15, 0.2) is 0 Å². The highest BCUT2D eigenvalue weighted by molar-refractivity contribution is 5.59. The molecule has 0 aromatic heterocycles. The van der Waals surface area contributed by atoms with E-state index < -0.39 is 6.16 Å². The fourth-order valence-corrected chi connectivity index (χ4v) is 0.802. The van der Waals surface area contributed by atoms with E-state index in [2.05, 4.69) is 0 Å². The lowest BCUT2D eigenvalue weighted by molar-refractivity contribution is 0.0456. The number of ether oxygens (including phenoxy) is 3. The lowest BCUT2D eigenvalue weighted by Gasteiger charge is -2.05. The molecule has 0 aromatic carbocycles. The van der Waals surface area contributed by atoms with E-state index in [4.69, 9.17) is 14.2 Å². The van der Waals surface area contributed by atoms with Crippen molar-refractivity contribution in [3.05, 3.63) is 0 Å². The SMILES string of the molecule is CCCCOC(=O)OCCCOCC. The number of carbonyl (C=O) groups is 1. The zero-order valence-electron chi connectivity index (χ0n) is 9.08. The van der Waals surface area contributed by atoms with Crippen molar-refractivity contribution < 1.29 is 19.0 Å². The number of carbonyl (C=O) groups excluding carboxylic acids is 1. The maximum absolute atomic E-state index is 10.9. The molecule has 0 rings (SSSR count). The lowest BCUT2D eigenvalue weighted by Crippen LogP contribution is -2.10. The molecule has 0 N–H and O–H groups in total. The van der Waals surface area contributed by atoms with Crippen LogP contribution in [-0.2, 0) is 14.2 Å². The van der Waals surface area contributed by atoms with Crippen molar-refractivity contribution in [3.63, 3.8) is 0 Å². The van der Waals surface area contributed by atoms with Crippen LogP contribution in [0, 0.1) is 0 Å². The largest absolute Gasteiger partial charge is 0.508 e. The first-order valence-corrected chi connectivity index (χ1v) is 5.18. The van der Waals surface area contributed by atoms with Gasteiger partial charge in [-0.25, -0.2) is 4.79 Å². The van der Waals surface area contributed by atoms with Crippen LogP contribution in [0.25, 0.3) is 0 Å². The average Bonchev–Trinajstić information content (AvgIpc) is 2.18. The quantitative estimate of drug-likeness (QED) is 0.449. The molecule has 0 aliphatic heterocycles. The van der Waals surface area contributed by atoms with Crippen molar-refractivity contribution >= 4 is 6.16 Å². The summed E-state index contributed by atoms with van der Waals surface area (Å²) in [5.74, 6) is 0. The van der Waals surface area contributed by atoms with Gasteiger partial charge in [0.1, 0.15) is 0 Å². The monoisotopic (exact) mass is 204 g/mol. The highest BCUT2D eigenvalue weighted by atomic mass is 16.7. The number of hydrogen-bond acceptors (Lipinski definition) is 4. The Kier molecular flexibility index (Phi) is 9.74. The summed E-state index contributed by atoms with van der Waals surface area (Å²) in [5, 5.41) is 0. The Hall–Kier alpha value is -0.770. The molecule has 0 heterocycles. The highest BCUT2D eigenvalue weighted by Gasteiger charge is 2.01. The van der Waals surface area contributed by atoms with Crippen molar-refractivity contribution in [1.82, 2.24) is 0 Å². The predicted octanol–water partition coefficient (Wildman–Crippen LogP) is 2.37. The van der Waals surface area contributed by atoms with Crippen LogP contribution in [0.1, 0.15) is 33.1 Å². The Labute approximate surface area is 85.5 Å². The topological polar surface area (TPSA) is 44.8 Å². The summed E-state index contributed by atoms with van der Waals surface area (Å²) in [5.41, 5.74) is 0. The Morgan fingerprint density at radius 2 is 1.64 bits per heavy atom. The standard InChI is InChI=1S/C10H20O4/c1-3-5-8-13-10(11)14-9-6-7-12-4-2/h3-9H2,1-2H3. The number of rotatable bonds is 8. The van der Waals surface area contributed by atoms with Gasteiger partial charge in [0.15, 0.2) is 0 Å². The van der Waals surface area contributed by atoms with Crippen LogP contribution in [0.4, 0.5) is 4.79 Å². The van der Waals surface area contributed by atoms with Crippen LogP contribution in [-0.4, -0.2) is 32.6 Å². The maximum Gasteiger partial charge on any atom is 0.508 e. The molecule has 0 fully saturated rings. The second-order valence-electron chi connectivity index (χ2n) is 2.85. The Morgan fingerprint density at radius 3 is 2.21 bits per heavy atom. The van der Waals surface area contributed by atoms with Gasteiger partial charge in [0.25, 0.3) is 0 Å². The van der Waals surface area contributed by atoms with Gasteiger partial charge in [0.05, 0.1) is 13.2 Å². The molecule has 0 aliphatic rings. The first-order valence-electron chi connectivity index (χ1n) is 5.18. The van der Waals surface area contributed by atoms with E-state index in [-0.39, 0.29) is 0 Å². The normalized spacial score (nSPS) is 9.86. The minimum Gasteiger partial charge on any atom is -0.434 e. The summed E-state index contributed by atoms with van der Waals surface area (Å²) in [6.45, 7) is 6.10. The van der Waals surface area contributed by atoms with Crippen molar-refractivity contribution in [2.45, 2.75) is 33.1 Å². The smallest absolute Gasteiger partial charge is 0.434 e. The molecule has 0 saturated heterocycles. The van der Waals surface area contributed by atoms with E-state index in [9.17, 15) is 4.79 Å². The van der Waals surface area contributed by atoms with Gasteiger partial charge in [-0.3, -0.25) is 0 Å². The van der Waals surface area contributed by atoms with Crippen molar-refractivity contribution in [2.24, 2.45) is 0 Å². The second-order valence-corrected chi connectivity index (χ2v) is 2.85. The molecule has 0 bridgehead atoms. The summed E-state index contributed by atoms with van der Waals surface area (Å²) in [6.07, 6.45) is 2.04. The van der Waals surface area contributed by atoms with Gasteiger partial charge in [0.2, 0.25) is 0 Å². The summed E-state index contributed by atoms with van der Waals surface area (Å²) in [4.78, 5) is 10.9. The average molecular weight is 204 g/mol. The summed E-state index contributed by atoms with van der Waals surface area (Å²) >= 11 is 0. The van der Waals surface area contributed by atoms with Gasteiger partial charge < -0.3 is 14.2 Å². The molecule has 0 saturated carbocycles. The fourth-order valence-electron chi connectivity index (χ4n) is 0.802. The Morgan fingerprint density at radius 1 is 1.00 bits per heavy atom. The zero-order valence-corrected chi connectivity index (χ0v) is 9.08. The maximum atomic E-state index is 10.9. The number of unbranched alkanes of at least 4 members (excludes halogenated alkanes) is 1. The van der Waals surface area contributed by atoms with Gasteiger partial charge in [-0.1, -0.05) is 13.3 Å². The van der Waals surface area contributed by atoms with Crippen molar-refractivity contribution in [2.75, 3.05) is 26.4 Å². The van der Waals surface area contributed by atoms with Crippen LogP contribution >= 0.6 is 0 Å². The third kappa shape index (κ3) is 9.32. The van der Waals surface area contributed by atoms with Crippen LogP contribution in [0.5, 0.6) is 0 Å². The molecule has 0 atom stereocenters. The zero-order chi connectivity index (χ0) is 10.6. The first-order chi connectivity index (χ1) is 6.81. The third-order valence-electron chi connectivity index (χ3n) is 1.57. The third-order valence-corrected chi connectivity index (χ3v) is 1.57. The second kappa shape index (κ2) is 10.3. The van der Waals surface area contributed by atoms with Crippen molar-refractivity contribution in [1.29, 1.82) is 0 Å². The first kappa shape index (κ1) is 13.2. The van der Waals surface area contributed by atoms with Gasteiger partial charge in [-0.2, -0.15) is 0 Å². The molecule has 4 heteroatoms. The Bertz CT molecular complexity index is 136. The molecule has 0 amide bonds. The Balaban J connectivity index is 3.10.